The van der Waals surface area contributed by atoms with E-state index < -0.39 is 11.5 Å². The monoisotopic (exact) mass is 355 g/mol. The van der Waals surface area contributed by atoms with Crippen LogP contribution in [0, 0.1) is 6.92 Å². The number of hydrogen-bond donors (Lipinski definition) is 1. The van der Waals surface area contributed by atoms with Gasteiger partial charge in [0.2, 0.25) is 0 Å². The van der Waals surface area contributed by atoms with Gasteiger partial charge in [0.05, 0.1) is 11.3 Å². The van der Waals surface area contributed by atoms with Gasteiger partial charge < -0.3 is 9.94 Å². The normalized spacial score (nSPS) is 11.1. The van der Waals surface area contributed by atoms with Crippen molar-refractivity contribution in [2.75, 3.05) is 0 Å². The predicted octanol–water partition coefficient (Wildman–Crippen LogP) is 3.85. The van der Waals surface area contributed by atoms with Gasteiger partial charge in [-0.25, -0.2) is 4.79 Å². The van der Waals surface area contributed by atoms with Crippen molar-refractivity contribution in [2.45, 2.75) is 6.92 Å². The maximum atomic E-state index is 12.8. The van der Waals surface area contributed by atoms with Crippen molar-refractivity contribution in [1.82, 2.24) is 4.73 Å². The minimum Gasteiger partial charge on any atom is -0.478 e. The van der Waals surface area contributed by atoms with Gasteiger partial charge in [0.1, 0.15) is 0 Å². The van der Waals surface area contributed by atoms with E-state index in [9.17, 15) is 9.59 Å². The van der Waals surface area contributed by atoms with Gasteiger partial charge in [0.25, 0.3) is 5.56 Å². The molecular formula is C19H14ClNO4. The lowest BCUT2D eigenvalue weighted by Crippen LogP contribution is -2.21. The van der Waals surface area contributed by atoms with Gasteiger partial charge in [-0.3, -0.25) is 4.79 Å². The summed E-state index contributed by atoms with van der Waals surface area (Å²) in [5.74, 6) is -0.645. The van der Waals surface area contributed by atoms with Crippen LogP contribution in [-0.4, -0.2) is 15.8 Å². The molecule has 0 fully saturated rings. The number of carbonyl (C=O) groups is 1. The van der Waals surface area contributed by atoms with Crippen LogP contribution in [0.4, 0.5) is 0 Å². The molecule has 1 aromatic rings. The van der Waals surface area contributed by atoms with E-state index in [4.69, 9.17) is 21.5 Å². The minimum atomic E-state index is -1.13. The van der Waals surface area contributed by atoms with Gasteiger partial charge in [0.15, 0.2) is 5.75 Å². The van der Waals surface area contributed by atoms with Crippen LogP contribution < -0.4 is 10.4 Å². The van der Waals surface area contributed by atoms with E-state index in [1.54, 1.807) is 42.5 Å². The quantitative estimate of drug-likeness (QED) is 0.722. The van der Waals surface area contributed by atoms with Gasteiger partial charge in [0, 0.05) is 16.7 Å². The van der Waals surface area contributed by atoms with Crippen LogP contribution in [0.5, 0.6) is 5.75 Å². The fourth-order valence-electron chi connectivity index (χ4n) is 2.50. The number of benzene rings is 1. The second-order valence-electron chi connectivity index (χ2n) is 5.40. The number of carboxylic acids is 1. The molecule has 0 spiro atoms. The average molecular weight is 356 g/mol. The van der Waals surface area contributed by atoms with Gasteiger partial charge >= 0.3 is 5.97 Å². The predicted molar refractivity (Wildman–Crippen MR) is 96.2 cm³/mol. The molecule has 1 aromatic carbocycles. The molecule has 1 N–H and O–H groups in total. The molecule has 0 aromatic heterocycles. The molecule has 6 heteroatoms. The Labute approximate surface area is 148 Å². The first kappa shape index (κ1) is 16.8. The molecule has 1 aliphatic heterocycles. The first-order valence-corrected chi connectivity index (χ1v) is 7.84. The zero-order chi connectivity index (χ0) is 18.0. The molecule has 0 saturated carbocycles. The number of aryl methyl sites for hydroxylation is 1. The van der Waals surface area contributed by atoms with Crippen molar-refractivity contribution in [3.63, 3.8) is 0 Å². The summed E-state index contributed by atoms with van der Waals surface area (Å²) >= 11 is 5.95. The van der Waals surface area contributed by atoms with E-state index >= 15 is 0 Å². The molecule has 3 rings (SSSR count). The number of rotatable bonds is 4. The van der Waals surface area contributed by atoms with Crippen LogP contribution in [0.1, 0.15) is 11.1 Å². The molecule has 2 aliphatic rings. The second-order valence-corrected chi connectivity index (χ2v) is 5.83. The topological polar surface area (TPSA) is 68.5 Å². The third-order valence-electron chi connectivity index (χ3n) is 3.66. The molecule has 1 aliphatic carbocycles. The summed E-state index contributed by atoms with van der Waals surface area (Å²) in [6.45, 7) is 1.82. The second kappa shape index (κ2) is 6.83. The Bertz CT molecular complexity index is 1010. The van der Waals surface area contributed by atoms with Crippen LogP contribution in [0.15, 0.2) is 59.4 Å². The third kappa shape index (κ3) is 3.41. The highest BCUT2D eigenvalue weighted by atomic mass is 35.5. The lowest BCUT2D eigenvalue weighted by atomic mass is 10.1. The summed E-state index contributed by atoms with van der Waals surface area (Å²) in [5.41, 5.74) is 1.72. The maximum Gasteiger partial charge on any atom is 0.328 e. The van der Waals surface area contributed by atoms with E-state index in [1.807, 2.05) is 13.0 Å². The van der Waals surface area contributed by atoms with Crippen molar-refractivity contribution in [1.29, 1.82) is 0 Å². The summed E-state index contributed by atoms with van der Waals surface area (Å²) in [6.07, 6.45) is 2.21. The molecule has 1 heterocycles. The molecule has 0 saturated heterocycles. The van der Waals surface area contributed by atoms with Gasteiger partial charge in [-0.2, -0.15) is 0 Å². The molecule has 5 nitrogen and oxygen atoms in total. The highest BCUT2D eigenvalue weighted by Crippen LogP contribution is 2.27. The van der Waals surface area contributed by atoms with Crippen LogP contribution in [0.2, 0.25) is 5.02 Å². The zero-order valence-corrected chi connectivity index (χ0v) is 14.0. The van der Waals surface area contributed by atoms with Crippen molar-refractivity contribution in [2.24, 2.45) is 0 Å². The fraction of sp³-hybridized carbons (Fsp3) is 0.0526. The first-order chi connectivity index (χ1) is 12.0. The van der Waals surface area contributed by atoms with Crippen LogP contribution in [-0.2, 0) is 4.79 Å². The number of hydrogen-bond acceptors (Lipinski definition) is 3. The fourth-order valence-corrected chi connectivity index (χ4v) is 2.72. The van der Waals surface area contributed by atoms with Gasteiger partial charge in [-0.1, -0.05) is 35.9 Å². The van der Waals surface area contributed by atoms with Crippen molar-refractivity contribution < 1.29 is 14.7 Å². The zero-order valence-electron chi connectivity index (χ0n) is 13.3. The van der Waals surface area contributed by atoms with Gasteiger partial charge in [-0.15, -0.1) is 4.73 Å². The van der Waals surface area contributed by atoms with E-state index in [-0.39, 0.29) is 5.56 Å². The molecule has 126 valence electrons. The standard InChI is InChI=1S/C19H14ClNO4/c1-12-11-13(20)7-9-17(12)25-21-16-6-4-2-3-5-14(16)15(19(21)24)8-10-18(22)23/h2-11H,1H3,(H,22,23). The smallest absolute Gasteiger partial charge is 0.328 e. The number of carboxylic acid groups (broad SMARTS) is 1. The van der Waals surface area contributed by atoms with E-state index in [0.717, 1.165) is 16.4 Å². The lowest BCUT2D eigenvalue weighted by Gasteiger charge is -2.10. The van der Waals surface area contributed by atoms with Crippen LogP contribution in [0.3, 0.4) is 0 Å². The molecule has 0 radical (unpaired) electrons. The van der Waals surface area contributed by atoms with Crippen molar-refractivity contribution in [3.8, 4) is 17.0 Å². The van der Waals surface area contributed by atoms with Crippen LogP contribution in [0.25, 0.3) is 17.3 Å². The Morgan fingerprint density at radius 2 is 1.96 bits per heavy atom. The Hall–Kier alpha value is -3.05. The van der Waals surface area contributed by atoms with E-state index in [1.165, 1.54) is 6.08 Å². The van der Waals surface area contributed by atoms with Crippen molar-refractivity contribution in [3.05, 3.63) is 81.1 Å². The summed E-state index contributed by atoms with van der Waals surface area (Å²) in [7, 11) is 0. The average Bonchev–Trinajstić information content (AvgIpc) is 2.70. The van der Waals surface area contributed by atoms with E-state index in [0.29, 0.717) is 22.0 Å². The Morgan fingerprint density at radius 1 is 1.20 bits per heavy atom. The Balaban J connectivity index is 2.17. The third-order valence-corrected chi connectivity index (χ3v) is 3.89. The minimum absolute atomic E-state index is 0.250. The number of halogens is 1. The van der Waals surface area contributed by atoms with Crippen LogP contribution >= 0.6 is 11.6 Å². The molecule has 25 heavy (non-hydrogen) atoms. The highest BCUT2D eigenvalue weighted by Gasteiger charge is 2.20. The van der Waals surface area contributed by atoms with Gasteiger partial charge in [-0.05, 0) is 42.8 Å². The largest absolute Gasteiger partial charge is 0.478 e. The first-order valence-electron chi connectivity index (χ1n) is 7.46. The molecule has 0 unspecified atom stereocenters. The number of aromatic nitrogens is 1. The number of fused-ring (bicyclic) bond motifs is 1. The Morgan fingerprint density at radius 3 is 2.68 bits per heavy atom. The van der Waals surface area contributed by atoms with Crippen molar-refractivity contribution >= 4 is 23.6 Å². The maximum absolute atomic E-state index is 12.8. The Kier molecular flexibility index (Phi) is 4.59. The molecule has 0 amide bonds. The summed E-state index contributed by atoms with van der Waals surface area (Å²) < 4.78 is 1.16. The molecule has 0 atom stereocenters. The number of aliphatic carboxylic acids is 1. The number of nitrogens with zero attached hydrogens (tertiary/aromatic N) is 1. The summed E-state index contributed by atoms with van der Waals surface area (Å²) in [5, 5.41) is 9.42. The molecule has 0 bridgehead atoms. The highest BCUT2D eigenvalue weighted by molar-refractivity contribution is 6.30. The summed E-state index contributed by atoms with van der Waals surface area (Å²) in [4.78, 5) is 29.4. The molecular weight excluding hydrogens is 342 g/mol. The lowest BCUT2D eigenvalue weighted by molar-refractivity contribution is -0.131. The SMILES string of the molecule is Cc1cc(Cl)ccc1On1c2cccccc-2c(C=CC(=O)O)c1=O. The summed E-state index contributed by atoms with van der Waals surface area (Å²) in [6, 6.07) is 13.9. The van der Waals surface area contributed by atoms with E-state index in [2.05, 4.69) is 0 Å².